The number of rotatable bonds is 4. The van der Waals surface area contributed by atoms with Gasteiger partial charge in [0.25, 0.3) is 0 Å². The van der Waals surface area contributed by atoms with Crippen LogP contribution in [0.15, 0.2) is 0 Å². The van der Waals surface area contributed by atoms with Gasteiger partial charge in [0.05, 0.1) is 11.7 Å². The van der Waals surface area contributed by atoms with Gasteiger partial charge in [-0.25, -0.2) is 4.98 Å². The van der Waals surface area contributed by atoms with E-state index in [1.165, 1.54) is 43.4 Å². The predicted octanol–water partition coefficient (Wildman–Crippen LogP) is 3.00. The number of anilines is 1. The van der Waals surface area contributed by atoms with Crippen molar-refractivity contribution in [3.05, 3.63) is 10.6 Å². The van der Waals surface area contributed by atoms with Gasteiger partial charge in [0.1, 0.15) is 0 Å². The summed E-state index contributed by atoms with van der Waals surface area (Å²) in [6.07, 6.45) is 7.13. The van der Waals surface area contributed by atoms with E-state index in [9.17, 15) is 4.79 Å². The number of thiazole rings is 1. The van der Waals surface area contributed by atoms with Crippen LogP contribution in [0, 0.1) is 19.8 Å². The molecule has 1 aromatic rings. The van der Waals surface area contributed by atoms with E-state index in [1.54, 1.807) is 0 Å². The van der Waals surface area contributed by atoms with Crippen molar-refractivity contribution in [3.8, 4) is 0 Å². The van der Waals surface area contributed by atoms with Crippen molar-refractivity contribution in [2.45, 2.75) is 58.4 Å². The molecule has 0 bridgehead atoms. The molecule has 1 fully saturated rings. The molecule has 106 valence electrons. The van der Waals surface area contributed by atoms with Crippen molar-refractivity contribution in [1.82, 2.24) is 4.98 Å². The number of hydrogen-bond acceptors (Lipinski definition) is 4. The molecular weight excluding hydrogens is 258 g/mol. The third-order valence-corrected chi connectivity index (χ3v) is 4.90. The summed E-state index contributed by atoms with van der Waals surface area (Å²) in [4.78, 5) is 17.5. The minimum absolute atomic E-state index is 0.0978. The highest BCUT2D eigenvalue weighted by molar-refractivity contribution is 7.15. The summed E-state index contributed by atoms with van der Waals surface area (Å²) in [6.45, 7) is 3.95. The first kappa shape index (κ1) is 14.5. The van der Waals surface area contributed by atoms with Gasteiger partial charge in [-0.3, -0.25) is 4.79 Å². The largest absolute Gasteiger partial charge is 0.320 e. The molecule has 1 saturated carbocycles. The van der Waals surface area contributed by atoms with Crippen LogP contribution in [0.5, 0.6) is 0 Å². The molecule has 19 heavy (non-hydrogen) atoms. The summed E-state index contributed by atoms with van der Waals surface area (Å²) in [7, 11) is 0. The maximum absolute atomic E-state index is 12.0. The Bertz CT molecular complexity index is 418. The van der Waals surface area contributed by atoms with E-state index in [-0.39, 0.29) is 5.91 Å². The number of nitrogens with two attached hydrogens (primary N) is 1. The van der Waals surface area contributed by atoms with Crippen LogP contribution in [0.2, 0.25) is 0 Å². The molecule has 1 aromatic heterocycles. The monoisotopic (exact) mass is 281 g/mol. The van der Waals surface area contributed by atoms with Crippen molar-refractivity contribution in [1.29, 1.82) is 0 Å². The average Bonchev–Trinajstić information content (AvgIpc) is 2.69. The molecule has 3 N–H and O–H groups in total. The normalized spacial score (nSPS) is 18.3. The molecule has 1 amide bonds. The number of amides is 1. The first-order chi connectivity index (χ1) is 9.06. The van der Waals surface area contributed by atoms with Gasteiger partial charge in [0.2, 0.25) is 5.91 Å². The van der Waals surface area contributed by atoms with Gasteiger partial charge in [0, 0.05) is 4.88 Å². The summed E-state index contributed by atoms with van der Waals surface area (Å²) in [5.41, 5.74) is 6.98. The molecule has 2 rings (SSSR count). The Hall–Kier alpha value is -0.940. The lowest BCUT2D eigenvalue weighted by Crippen LogP contribution is -2.37. The standard InChI is InChI=1S/C14H23N3OS/c1-9-10(2)19-14(16-9)17-13(18)12(15)8-11-6-4-3-5-7-11/h11-12H,3-8,15H2,1-2H3,(H,16,17,18). The first-order valence-electron chi connectivity index (χ1n) is 7.06. The first-order valence-corrected chi connectivity index (χ1v) is 7.88. The van der Waals surface area contributed by atoms with Gasteiger partial charge in [-0.1, -0.05) is 32.1 Å². The third kappa shape index (κ3) is 4.01. The Labute approximate surface area is 118 Å². The summed E-state index contributed by atoms with van der Waals surface area (Å²) in [5.74, 6) is 0.522. The summed E-state index contributed by atoms with van der Waals surface area (Å²) in [5, 5.41) is 3.50. The molecule has 1 aliphatic carbocycles. The fourth-order valence-corrected chi connectivity index (χ4v) is 3.43. The van der Waals surface area contributed by atoms with Gasteiger partial charge in [-0.2, -0.15) is 0 Å². The molecular formula is C14H23N3OS. The Morgan fingerprint density at radius 3 is 2.68 bits per heavy atom. The molecule has 0 aromatic carbocycles. The maximum Gasteiger partial charge on any atom is 0.243 e. The lowest BCUT2D eigenvalue weighted by molar-refractivity contribution is -0.117. The fraction of sp³-hybridized carbons (Fsp3) is 0.714. The molecule has 0 spiro atoms. The molecule has 4 nitrogen and oxygen atoms in total. The highest BCUT2D eigenvalue weighted by atomic mass is 32.1. The lowest BCUT2D eigenvalue weighted by Gasteiger charge is -2.23. The van der Waals surface area contributed by atoms with Crippen LogP contribution in [-0.4, -0.2) is 16.9 Å². The van der Waals surface area contributed by atoms with Crippen LogP contribution in [0.3, 0.4) is 0 Å². The van der Waals surface area contributed by atoms with Crippen LogP contribution >= 0.6 is 11.3 Å². The molecule has 0 saturated heterocycles. The summed E-state index contributed by atoms with van der Waals surface area (Å²) in [6, 6.07) is -0.410. The number of nitrogens with one attached hydrogen (secondary N) is 1. The van der Waals surface area contributed by atoms with E-state index in [0.717, 1.165) is 17.0 Å². The summed E-state index contributed by atoms with van der Waals surface area (Å²) < 4.78 is 0. The predicted molar refractivity (Wildman–Crippen MR) is 79.4 cm³/mol. The quantitative estimate of drug-likeness (QED) is 0.891. The molecule has 0 radical (unpaired) electrons. The molecule has 5 heteroatoms. The second-order valence-corrected chi connectivity index (χ2v) is 6.70. The average molecular weight is 281 g/mol. The van der Waals surface area contributed by atoms with E-state index in [2.05, 4.69) is 10.3 Å². The number of hydrogen-bond donors (Lipinski definition) is 2. The Kier molecular flexibility index (Phi) is 4.93. The number of nitrogens with zero attached hydrogens (tertiary/aromatic N) is 1. The van der Waals surface area contributed by atoms with Crippen molar-refractivity contribution in [2.24, 2.45) is 11.7 Å². The van der Waals surface area contributed by atoms with Crippen LogP contribution < -0.4 is 11.1 Å². The van der Waals surface area contributed by atoms with E-state index in [4.69, 9.17) is 5.73 Å². The van der Waals surface area contributed by atoms with Crippen molar-refractivity contribution in [3.63, 3.8) is 0 Å². The van der Waals surface area contributed by atoms with Gasteiger partial charge in [0.15, 0.2) is 5.13 Å². The molecule has 1 heterocycles. The van der Waals surface area contributed by atoms with Crippen LogP contribution in [0.4, 0.5) is 5.13 Å². The van der Waals surface area contributed by atoms with E-state index >= 15 is 0 Å². The number of aromatic nitrogens is 1. The van der Waals surface area contributed by atoms with Crippen molar-refractivity contribution >= 4 is 22.4 Å². The molecule has 1 atom stereocenters. The highest BCUT2D eigenvalue weighted by Crippen LogP contribution is 2.27. The van der Waals surface area contributed by atoms with Crippen LogP contribution in [0.1, 0.15) is 49.1 Å². The molecule has 1 aliphatic rings. The Morgan fingerprint density at radius 2 is 2.11 bits per heavy atom. The third-order valence-electron chi connectivity index (χ3n) is 3.91. The maximum atomic E-state index is 12.0. The van der Waals surface area contributed by atoms with Crippen molar-refractivity contribution < 1.29 is 4.79 Å². The smallest absolute Gasteiger partial charge is 0.243 e. The van der Waals surface area contributed by atoms with Gasteiger partial charge in [-0.15, -0.1) is 11.3 Å². The van der Waals surface area contributed by atoms with E-state index in [1.807, 2.05) is 13.8 Å². The van der Waals surface area contributed by atoms with Gasteiger partial charge in [-0.05, 0) is 26.2 Å². The van der Waals surface area contributed by atoms with Crippen molar-refractivity contribution in [2.75, 3.05) is 5.32 Å². The van der Waals surface area contributed by atoms with E-state index < -0.39 is 6.04 Å². The number of aryl methyl sites for hydroxylation is 2. The second kappa shape index (κ2) is 6.48. The fourth-order valence-electron chi connectivity index (χ4n) is 2.61. The highest BCUT2D eigenvalue weighted by Gasteiger charge is 2.22. The van der Waals surface area contributed by atoms with Crippen LogP contribution in [0.25, 0.3) is 0 Å². The number of carbonyl (C=O) groups is 1. The SMILES string of the molecule is Cc1nc(NC(=O)C(N)CC2CCCCC2)sc1C. The topological polar surface area (TPSA) is 68.0 Å². The zero-order valence-electron chi connectivity index (χ0n) is 11.7. The van der Waals surface area contributed by atoms with Crippen LogP contribution in [-0.2, 0) is 4.79 Å². The zero-order chi connectivity index (χ0) is 13.8. The van der Waals surface area contributed by atoms with Gasteiger partial charge < -0.3 is 11.1 Å². The van der Waals surface area contributed by atoms with E-state index in [0.29, 0.717) is 11.0 Å². The Morgan fingerprint density at radius 1 is 1.42 bits per heavy atom. The minimum Gasteiger partial charge on any atom is -0.320 e. The molecule has 1 unspecified atom stereocenters. The summed E-state index contributed by atoms with van der Waals surface area (Å²) >= 11 is 1.51. The van der Waals surface area contributed by atoms with Gasteiger partial charge >= 0.3 is 0 Å². The second-order valence-electron chi connectivity index (χ2n) is 5.50. The zero-order valence-corrected chi connectivity index (χ0v) is 12.6. The molecule has 0 aliphatic heterocycles. The lowest BCUT2D eigenvalue weighted by atomic mass is 9.85. The minimum atomic E-state index is -0.410. The number of carbonyl (C=O) groups excluding carboxylic acids is 1. The Balaban J connectivity index is 1.84.